The van der Waals surface area contributed by atoms with Crippen molar-refractivity contribution in [3.63, 3.8) is 0 Å². The van der Waals surface area contributed by atoms with Gasteiger partial charge in [0, 0.05) is 23.1 Å². The van der Waals surface area contributed by atoms with Crippen LogP contribution >= 0.6 is 11.6 Å². The van der Waals surface area contributed by atoms with Crippen LogP contribution in [-0.2, 0) is 0 Å². The van der Waals surface area contributed by atoms with Crippen molar-refractivity contribution >= 4 is 22.6 Å². The highest BCUT2D eigenvalue weighted by Gasteiger charge is 2.13. The van der Waals surface area contributed by atoms with Crippen LogP contribution in [0.1, 0.15) is 32.1 Å². The molecule has 2 rings (SSSR count). The minimum Gasteiger partial charge on any atom is -0.459 e. The number of hydrogen-bond acceptors (Lipinski definition) is 3. The Labute approximate surface area is 112 Å². The molecule has 1 unspecified atom stereocenters. The Morgan fingerprint density at radius 3 is 2.83 bits per heavy atom. The van der Waals surface area contributed by atoms with Gasteiger partial charge in [-0.15, -0.1) is 0 Å². The number of nitrogens with one attached hydrogen (secondary N) is 1. The Morgan fingerprint density at radius 2 is 2.11 bits per heavy atom. The molecular formula is C14H18ClNO2. The van der Waals surface area contributed by atoms with Crippen molar-refractivity contribution < 1.29 is 9.52 Å². The van der Waals surface area contributed by atoms with Crippen LogP contribution in [0.4, 0.5) is 0 Å². The van der Waals surface area contributed by atoms with E-state index in [-0.39, 0.29) is 18.7 Å². The number of furan rings is 1. The van der Waals surface area contributed by atoms with Gasteiger partial charge >= 0.3 is 0 Å². The smallest absolute Gasteiger partial charge is 0.134 e. The van der Waals surface area contributed by atoms with Crippen molar-refractivity contribution in [1.82, 2.24) is 5.32 Å². The van der Waals surface area contributed by atoms with Gasteiger partial charge in [0.05, 0.1) is 6.04 Å². The zero-order valence-corrected chi connectivity index (χ0v) is 11.4. The Balaban J connectivity index is 2.15. The van der Waals surface area contributed by atoms with Gasteiger partial charge in [-0.1, -0.05) is 11.6 Å². The first-order valence-corrected chi connectivity index (χ1v) is 6.54. The third-order valence-corrected chi connectivity index (χ3v) is 3.26. The summed E-state index contributed by atoms with van der Waals surface area (Å²) < 4.78 is 5.78. The molecule has 1 aromatic heterocycles. The highest BCUT2D eigenvalue weighted by molar-refractivity contribution is 6.31. The maximum absolute atomic E-state index is 8.89. The average molecular weight is 268 g/mol. The second-order valence-electron chi connectivity index (χ2n) is 4.63. The maximum atomic E-state index is 8.89. The zero-order chi connectivity index (χ0) is 13.1. The van der Waals surface area contributed by atoms with Gasteiger partial charge in [0.1, 0.15) is 11.3 Å². The fraction of sp³-hybridized carbons (Fsp3) is 0.429. The van der Waals surface area contributed by atoms with Gasteiger partial charge in [-0.2, -0.15) is 0 Å². The highest BCUT2D eigenvalue weighted by atomic mass is 35.5. The molecule has 3 nitrogen and oxygen atoms in total. The minimum absolute atomic E-state index is 0.109. The first-order chi connectivity index (χ1) is 8.60. The lowest BCUT2D eigenvalue weighted by Gasteiger charge is -2.17. The van der Waals surface area contributed by atoms with Crippen LogP contribution in [0.2, 0.25) is 5.02 Å². The van der Waals surface area contributed by atoms with Gasteiger partial charge in [0.2, 0.25) is 0 Å². The molecule has 2 atom stereocenters. The van der Waals surface area contributed by atoms with Crippen molar-refractivity contribution in [2.24, 2.45) is 0 Å². The predicted octanol–water partition coefficient (Wildman–Crippen LogP) is 3.51. The quantitative estimate of drug-likeness (QED) is 0.871. The summed E-state index contributed by atoms with van der Waals surface area (Å²) >= 11 is 5.95. The standard InChI is InChI=1S/C14H18ClNO2/c1-9(5-6-17)16-10(2)14-8-11-7-12(15)3-4-13(11)18-14/h3-4,7-10,16-17H,5-6H2,1-2H3/t9-,10?/m1/s1. The van der Waals surface area contributed by atoms with E-state index in [0.29, 0.717) is 5.02 Å². The fourth-order valence-electron chi connectivity index (χ4n) is 2.03. The molecule has 0 fully saturated rings. The number of benzene rings is 1. The molecule has 98 valence electrons. The van der Waals surface area contributed by atoms with Crippen molar-refractivity contribution in [3.8, 4) is 0 Å². The van der Waals surface area contributed by atoms with E-state index < -0.39 is 0 Å². The van der Waals surface area contributed by atoms with Crippen LogP contribution in [0.25, 0.3) is 11.0 Å². The molecule has 2 aromatic rings. The Bertz CT molecular complexity index is 523. The largest absolute Gasteiger partial charge is 0.459 e. The summed E-state index contributed by atoms with van der Waals surface area (Å²) in [4.78, 5) is 0. The van der Waals surface area contributed by atoms with Crippen molar-refractivity contribution in [2.45, 2.75) is 32.4 Å². The van der Waals surface area contributed by atoms with E-state index in [1.54, 1.807) is 0 Å². The van der Waals surface area contributed by atoms with Gasteiger partial charge in [-0.3, -0.25) is 0 Å². The molecular weight excluding hydrogens is 250 g/mol. The van der Waals surface area contributed by atoms with Crippen LogP contribution < -0.4 is 5.32 Å². The molecule has 1 heterocycles. The molecule has 0 aliphatic carbocycles. The Morgan fingerprint density at radius 1 is 1.33 bits per heavy atom. The molecule has 4 heteroatoms. The third-order valence-electron chi connectivity index (χ3n) is 3.02. The molecule has 1 aromatic carbocycles. The molecule has 0 amide bonds. The third kappa shape index (κ3) is 3.05. The molecule has 0 spiro atoms. The first kappa shape index (κ1) is 13.4. The van der Waals surface area contributed by atoms with E-state index >= 15 is 0 Å². The van der Waals surface area contributed by atoms with Crippen molar-refractivity contribution in [3.05, 3.63) is 35.0 Å². The first-order valence-electron chi connectivity index (χ1n) is 6.16. The summed E-state index contributed by atoms with van der Waals surface area (Å²) in [6.45, 7) is 4.29. The monoisotopic (exact) mass is 267 g/mol. The number of hydrogen-bond donors (Lipinski definition) is 2. The average Bonchev–Trinajstić information content (AvgIpc) is 2.72. The van der Waals surface area contributed by atoms with E-state index in [1.807, 2.05) is 38.1 Å². The van der Waals surface area contributed by atoms with E-state index in [2.05, 4.69) is 5.32 Å². The molecule has 0 bridgehead atoms. The summed E-state index contributed by atoms with van der Waals surface area (Å²) in [6.07, 6.45) is 0.733. The van der Waals surface area contributed by atoms with Crippen LogP contribution in [0, 0.1) is 0 Å². The molecule has 0 saturated carbocycles. The topological polar surface area (TPSA) is 45.4 Å². The molecule has 18 heavy (non-hydrogen) atoms. The summed E-state index contributed by atoms with van der Waals surface area (Å²) in [5.41, 5.74) is 0.845. The van der Waals surface area contributed by atoms with Crippen LogP contribution in [0.15, 0.2) is 28.7 Å². The lowest BCUT2D eigenvalue weighted by molar-refractivity contribution is 0.261. The van der Waals surface area contributed by atoms with Gasteiger partial charge in [-0.25, -0.2) is 0 Å². The second kappa shape index (κ2) is 5.74. The number of halogens is 1. The number of rotatable bonds is 5. The summed E-state index contributed by atoms with van der Waals surface area (Å²) in [7, 11) is 0. The van der Waals surface area contributed by atoms with Crippen LogP contribution in [0.5, 0.6) is 0 Å². The summed E-state index contributed by atoms with van der Waals surface area (Å²) in [5, 5.41) is 14.0. The van der Waals surface area contributed by atoms with Crippen LogP contribution in [-0.4, -0.2) is 17.8 Å². The normalized spacial score (nSPS) is 14.9. The highest BCUT2D eigenvalue weighted by Crippen LogP contribution is 2.26. The van der Waals surface area contributed by atoms with E-state index in [4.69, 9.17) is 21.1 Å². The molecule has 0 radical (unpaired) electrons. The number of aliphatic hydroxyl groups excluding tert-OH is 1. The maximum Gasteiger partial charge on any atom is 0.134 e. The number of aliphatic hydroxyl groups is 1. The Hall–Kier alpha value is -1.03. The summed E-state index contributed by atoms with van der Waals surface area (Å²) in [6, 6.07) is 7.96. The van der Waals surface area contributed by atoms with Crippen LogP contribution in [0.3, 0.4) is 0 Å². The molecule has 0 aliphatic rings. The summed E-state index contributed by atoms with van der Waals surface area (Å²) in [5.74, 6) is 0.886. The van der Waals surface area contributed by atoms with Gasteiger partial charge < -0.3 is 14.8 Å². The minimum atomic E-state index is 0.109. The van der Waals surface area contributed by atoms with Gasteiger partial charge in [-0.05, 0) is 44.5 Å². The predicted molar refractivity (Wildman–Crippen MR) is 73.9 cm³/mol. The fourth-order valence-corrected chi connectivity index (χ4v) is 2.21. The SMILES string of the molecule is CC(N[C@H](C)CCO)c1cc2cc(Cl)ccc2o1. The Kier molecular flexibility index (Phi) is 4.27. The number of fused-ring (bicyclic) bond motifs is 1. The lowest BCUT2D eigenvalue weighted by atomic mass is 10.1. The second-order valence-corrected chi connectivity index (χ2v) is 5.07. The van der Waals surface area contributed by atoms with Gasteiger partial charge in [0.15, 0.2) is 0 Å². The van der Waals surface area contributed by atoms with Gasteiger partial charge in [0.25, 0.3) is 0 Å². The van der Waals surface area contributed by atoms with Crippen molar-refractivity contribution in [1.29, 1.82) is 0 Å². The van der Waals surface area contributed by atoms with E-state index in [9.17, 15) is 0 Å². The molecule has 0 saturated heterocycles. The zero-order valence-electron chi connectivity index (χ0n) is 10.6. The molecule has 2 N–H and O–H groups in total. The van der Waals surface area contributed by atoms with E-state index in [0.717, 1.165) is 23.2 Å². The molecule has 0 aliphatic heterocycles. The van der Waals surface area contributed by atoms with Crippen molar-refractivity contribution in [2.75, 3.05) is 6.61 Å². The lowest BCUT2D eigenvalue weighted by Crippen LogP contribution is -2.29. The van der Waals surface area contributed by atoms with E-state index in [1.165, 1.54) is 0 Å².